The van der Waals surface area contributed by atoms with Crippen molar-refractivity contribution in [3.05, 3.63) is 59.7 Å². The number of carbonyl (C=O) groups is 2. The molecule has 0 unspecified atom stereocenters. The molecule has 124 valence electrons. The molecule has 5 heteroatoms. The smallest absolute Gasteiger partial charge is 0.307 e. The molecule has 0 saturated carbocycles. The van der Waals surface area contributed by atoms with E-state index >= 15 is 0 Å². The van der Waals surface area contributed by atoms with E-state index in [2.05, 4.69) is 0 Å². The van der Waals surface area contributed by atoms with E-state index in [0.29, 0.717) is 12.3 Å². The molecule has 3 rings (SSSR count). The van der Waals surface area contributed by atoms with Crippen LogP contribution in [0.4, 0.5) is 5.69 Å². The molecule has 0 bridgehead atoms. The third kappa shape index (κ3) is 3.97. The topological polar surface area (TPSA) is 46.6 Å². The molecule has 1 aliphatic rings. The van der Waals surface area contributed by atoms with Crippen LogP contribution in [-0.2, 0) is 20.9 Å². The summed E-state index contributed by atoms with van der Waals surface area (Å²) in [5, 5.41) is 0. The normalized spacial score (nSPS) is 13.5. The lowest BCUT2D eigenvalue weighted by Crippen LogP contribution is -2.37. The van der Waals surface area contributed by atoms with E-state index in [0.717, 1.165) is 21.7 Å². The summed E-state index contributed by atoms with van der Waals surface area (Å²) in [6.45, 7) is 2.62. The molecule has 0 radical (unpaired) electrons. The molecule has 0 spiro atoms. The van der Waals surface area contributed by atoms with E-state index in [1.807, 2.05) is 55.5 Å². The molecule has 0 aromatic heterocycles. The lowest BCUT2D eigenvalue weighted by Gasteiger charge is -2.28. The van der Waals surface area contributed by atoms with Crippen molar-refractivity contribution in [2.24, 2.45) is 0 Å². The van der Waals surface area contributed by atoms with Crippen LogP contribution < -0.4 is 4.90 Å². The van der Waals surface area contributed by atoms with E-state index < -0.39 is 0 Å². The number of rotatable bonds is 5. The van der Waals surface area contributed by atoms with Crippen molar-refractivity contribution in [1.82, 2.24) is 0 Å². The van der Waals surface area contributed by atoms with Gasteiger partial charge in [-0.05, 0) is 24.6 Å². The van der Waals surface area contributed by atoms with Gasteiger partial charge in [-0.15, -0.1) is 11.8 Å². The predicted octanol–water partition coefficient (Wildman–Crippen LogP) is 3.57. The third-order valence-electron chi connectivity index (χ3n) is 3.83. The number of esters is 1. The highest BCUT2D eigenvalue weighted by atomic mass is 32.2. The van der Waals surface area contributed by atoms with Crippen LogP contribution in [-0.4, -0.2) is 24.2 Å². The fraction of sp³-hybridized carbons (Fsp3) is 0.263. The van der Waals surface area contributed by atoms with Crippen LogP contribution in [0, 0.1) is 6.92 Å². The summed E-state index contributed by atoms with van der Waals surface area (Å²) in [4.78, 5) is 26.9. The zero-order chi connectivity index (χ0) is 16.9. The molecule has 1 amide bonds. The van der Waals surface area contributed by atoms with Crippen LogP contribution in [0.15, 0.2) is 53.4 Å². The monoisotopic (exact) mass is 341 g/mol. The fourth-order valence-corrected chi connectivity index (χ4v) is 3.58. The molecule has 1 heterocycles. The first-order valence-corrected chi connectivity index (χ1v) is 8.85. The van der Waals surface area contributed by atoms with E-state index in [1.165, 1.54) is 11.8 Å². The Labute approximate surface area is 145 Å². The average molecular weight is 341 g/mol. The second kappa shape index (κ2) is 7.53. The Hall–Kier alpha value is -2.27. The number of aryl methyl sites for hydroxylation is 1. The second-order valence-electron chi connectivity index (χ2n) is 5.70. The molecule has 0 fully saturated rings. The predicted molar refractivity (Wildman–Crippen MR) is 95.1 cm³/mol. The van der Waals surface area contributed by atoms with Gasteiger partial charge in [-0.3, -0.25) is 9.59 Å². The summed E-state index contributed by atoms with van der Waals surface area (Å²) in [5.74, 6) is 0.153. The first-order valence-electron chi connectivity index (χ1n) is 7.87. The van der Waals surface area contributed by atoms with Crippen LogP contribution in [0.2, 0.25) is 0 Å². The Morgan fingerprint density at radius 1 is 1.21 bits per heavy atom. The largest absolute Gasteiger partial charge is 0.461 e. The maximum atomic E-state index is 12.1. The first kappa shape index (κ1) is 16.6. The zero-order valence-electron chi connectivity index (χ0n) is 13.5. The lowest BCUT2D eigenvalue weighted by atomic mass is 10.1. The molecule has 2 aromatic rings. The number of thioether (sulfide) groups is 1. The van der Waals surface area contributed by atoms with Gasteiger partial charge in [0.2, 0.25) is 5.91 Å². The number of para-hydroxylation sites is 1. The Morgan fingerprint density at radius 3 is 2.88 bits per heavy atom. The minimum Gasteiger partial charge on any atom is -0.461 e. The van der Waals surface area contributed by atoms with Gasteiger partial charge >= 0.3 is 5.97 Å². The molecule has 24 heavy (non-hydrogen) atoms. The van der Waals surface area contributed by atoms with Crippen LogP contribution in [0.1, 0.15) is 17.5 Å². The zero-order valence-corrected chi connectivity index (χ0v) is 14.3. The number of benzene rings is 2. The maximum Gasteiger partial charge on any atom is 0.307 e. The third-order valence-corrected chi connectivity index (χ3v) is 4.88. The second-order valence-corrected chi connectivity index (χ2v) is 6.72. The van der Waals surface area contributed by atoms with Crippen molar-refractivity contribution in [3.8, 4) is 0 Å². The minimum atomic E-state index is -0.292. The van der Waals surface area contributed by atoms with Crippen LogP contribution >= 0.6 is 11.8 Å². The molecule has 0 atom stereocenters. The van der Waals surface area contributed by atoms with Gasteiger partial charge in [0.25, 0.3) is 0 Å². The van der Waals surface area contributed by atoms with E-state index in [4.69, 9.17) is 4.74 Å². The Bertz CT molecular complexity index is 760. The Balaban J connectivity index is 1.55. The summed E-state index contributed by atoms with van der Waals surface area (Å²) >= 11 is 1.54. The number of hydrogen-bond acceptors (Lipinski definition) is 4. The number of hydrogen-bond donors (Lipinski definition) is 0. The van der Waals surface area contributed by atoms with Crippen LogP contribution in [0.3, 0.4) is 0 Å². The first-order chi connectivity index (χ1) is 11.6. The van der Waals surface area contributed by atoms with Crippen molar-refractivity contribution >= 4 is 29.3 Å². The molecular formula is C19H19NO3S. The van der Waals surface area contributed by atoms with Crippen molar-refractivity contribution in [2.75, 3.05) is 17.2 Å². The SMILES string of the molecule is Cc1cccc(COC(=O)CCN2C(=O)CSc3ccccc32)c1. The number of fused-ring (bicyclic) bond motifs is 1. The van der Waals surface area contributed by atoms with E-state index in [9.17, 15) is 9.59 Å². The standard InChI is InChI=1S/C19H19NO3S/c1-14-5-4-6-15(11-14)12-23-19(22)9-10-20-16-7-2-3-8-17(16)24-13-18(20)21/h2-8,11H,9-10,12-13H2,1H3. The van der Waals surface area contributed by atoms with Crippen molar-refractivity contribution in [2.45, 2.75) is 24.8 Å². The van der Waals surface area contributed by atoms with Crippen molar-refractivity contribution < 1.29 is 14.3 Å². The minimum absolute atomic E-state index is 0.0326. The summed E-state index contributed by atoms with van der Waals surface area (Å²) < 4.78 is 5.32. The fourth-order valence-electron chi connectivity index (χ4n) is 2.64. The van der Waals surface area contributed by atoms with Gasteiger partial charge in [0, 0.05) is 11.4 Å². The molecule has 0 aliphatic carbocycles. The van der Waals surface area contributed by atoms with Gasteiger partial charge in [-0.2, -0.15) is 0 Å². The summed E-state index contributed by atoms with van der Waals surface area (Å²) in [6, 6.07) is 15.6. The van der Waals surface area contributed by atoms with Gasteiger partial charge in [0.1, 0.15) is 6.61 Å². The Morgan fingerprint density at radius 2 is 2.04 bits per heavy atom. The van der Waals surface area contributed by atoms with E-state index in [1.54, 1.807) is 4.90 Å². The summed E-state index contributed by atoms with van der Waals surface area (Å²) in [5.41, 5.74) is 2.99. The molecule has 0 N–H and O–H groups in total. The number of nitrogens with zero attached hydrogens (tertiary/aromatic N) is 1. The molecular weight excluding hydrogens is 322 g/mol. The molecule has 4 nitrogen and oxygen atoms in total. The average Bonchev–Trinajstić information content (AvgIpc) is 2.59. The molecule has 1 aliphatic heterocycles. The van der Waals surface area contributed by atoms with Gasteiger partial charge in [-0.1, -0.05) is 42.0 Å². The maximum absolute atomic E-state index is 12.1. The van der Waals surface area contributed by atoms with Crippen LogP contribution in [0.5, 0.6) is 0 Å². The summed E-state index contributed by atoms with van der Waals surface area (Å²) in [6.07, 6.45) is 0.191. The van der Waals surface area contributed by atoms with Gasteiger partial charge < -0.3 is 9.64 Å². The van der Waals surface area contributed by atoms with Gasteiger partial charge in [-0.25, -0.2) is 0 Å². The highest BCUT2D eigenvalue weighted by Gasteiger charge is 2.24. The highest BCUT2D eigenvalue weighted by Crippen LogP contribution is 2.34. The summed E-state index contributed by atoms with van der Waals surface area (Å²) in [7, 11) is 0. The van der Waals surface area contributed by atoms with Gasteiger partial charge in [0.15, 0.2) is 0 Å². The van der Waals surface area contributed by atoms with E-state index in [-0.39, 0.29) is 24.9 Å². The number of amides is 1. The van der Waals surface area contributed by atoms with Crippen LogP contribution in [0.25, 0.3) is 0 Å². The number of ether oxygens (including phenoxy) is 1. The highest BCUT2D eigenvalue weighted by molar-refractivity contribution is 8.00. The number of anilines is 1. The molecule has 2 aromatic carbocycles. The Kier molecular flexibility index (Phi) is 5.20. The lowest BCUT2D eigenvalue weighted by molar-refractivity contribution is -0.144. The number of carbonyl (C=O) groups excluding carboxylic acids is 2. The van der Waals surface area contributed by atoms with Crippen molar-refractivity contribution in [1.29, 1.82) is 0 Å². The van der Waals surface area contributed by atoms with Gasteiger partial charge in [0.05, 0.1) is 17.9 Å². The quantitative estimate of drug-likeness (QED) is 0.780. The molecule has 0 saturated heterocycles. The van der Waals surface area contributed by atoms with Crippen molar-refractivity contribution in [3.63, 3.8) is 0 Å².